The Hall–Kier alpha value is -2.64. The molecule has 0 saturated carbocycles. The topological polar surface area (TPSA) is 72.0 Å². The summed E-state index contributed by atoms with van der Waals surface area (Å²) in [6, 6.07) is 14.9. The first-order valence-corrected chi connectivity index (χ1v) is 10.4. The monoisotopic (exact) mass is 409 g/mol. The van der Waals surface area contributed by atoms with Gasteiger partial charge in [0.25, 0.3) is 0 Å². The van der Waals surface area contributed by atoms with Crippen molar-refractivity contribution in [3.63, 3.8) is 0 Å². The van der Waals surface area contributed by atoms with Crippen molar-refractivity contribution >= 4 is 40.9 Å². The number of nitrogens with one attached hydrogen (secondary N) is 1. The third-order valence-corrected chi connectivity index (χ3v) is 6.13. The van der Waals surface area contributed by atoms with E-state index in [0.717, 1.165) is 14.9 Å². The van der Waals surface area contributed by atoms with Crippen LogP contribution in [0.3, 0.4) is 0 Å². The van der Waals surface area contributed by atoms with Gasteiger partial charge < -0.3 is 5.32 Å². The van der Waals surface area contributed by atoms with Crippen molar-refractivity contribution in [2.45, 2.75) is 28.8 Å². The molecule has 0 fully saturated rings. The zero-order chi connectivity index (χ0) is 19.9. The van der Waals surface area contributed by atoms with Gasteiger partial charge in [0.05, 0.1) is 5.75 Å². The smallest absolute Gasteiger partial charge is 0.234 e. The van der Waals surface area contributed by atoms with Crippen LogP contribution in [0.4, 0.5) is 5.69 Å². The van der Waals surface area contributed by atoms with Gasteiger partial charge in [-0.1, -0.05) is 41.7 Å². The number of nitrogens with zero attached hydrogens (tertiary/aromatic N) is 2. The van der Waals surface area contributed by atoms with E-state index in [2.05, 4.69) is 28.3 Å². The molecule has 0 saturated heterocycles. The number of rotatable bonds is 7. The summed E-state index contributed by atoms with van der Waals surface area (Å²) in [5.41, 5.74) is 2.44. The van der Waals surface area contributed by atoms with E-state index in [1.165, 1.54) is 24.2 Å². The molecular weight excluding hydrogens is 390 g/mol. The van der Waals surface area contributed by atoms with Gasteiger partial charge >= 0.3 is 0 Å². The predicted octanol–water partition coefficient (Wildman–Crippen LogP) is 4.87. The normalized spacial score (nSPS) is 10.5. The summed E-state index contributed by atoms with van der Waals surface area (Å²) in [7, 11) is 0. The maximum Gasteiger partial charge on any atom is 0.234 e. The molecule has 0 atom stereocenters. The molecule has 1 aromatic heterocycles. The minimum atomic E-state index is -0.141. The van der Waals surface area contributed by atoms with Crippen LogP contribution in [0.25, 0.3) is 0 Å². The van der Waals surface area contributed by atoms with E-state index >= 15 is 0 Å². The molecule has 3 rings (SSSR count). The molecule has 0 radical (unpaired) electrons. The quantitative estimate of drug-likeness (QED) is 0.443. The molecule has 0 unspecified atom stereocenters. The van der Waals surface area contributed by atoms with Gasteiger partial charge in [-0.2, -0.15) is 0 Å². The fourth-order valence-electron chi connectivity index (χ4n) is 2.38. The lowest BCUT2D eigenvalue weighted by molar-refractivity contribution is -0.113. The number of carbonyl (C=O) groups is 2. The second-order valence-corrected chi connectivity index (χ2v) is 8.00. The second kappa shape index (κ2) is 9.52. The van der Waals surface area contributed by atoms with Crippen molar-refractivity contribution in [2.75, 3.05) is 11.1 Å². The van der Waals surface area contributed by atoms with Crippen molar-refractivity contribution in [1.82, 2.24) is 9.97 Å². The first kappa shape index (κ1) is 20.1. The van der Waals surface area contributed by atoms with Crippen LogP contribution in [-0.2, 0) is 4.79 Å². The number of hydrogen-bond acceptors (Lipinski definition) is 6. The standard InChI is InChI=1S/C21H19N3O2S2/c1-14-5-3-4-6-18(14)28-21-20(22-11-12-23-21)27-13-19(26)24-17-9-7-16(8-10-17)15(2)25/h3-12H,13H2,1-2H3,(H,24,26). The predicted molar refractivity (Wildman–Crippen MR) is 113 cm³/mol. The van der Waals surface area contributed by atoms with Crippen LogP contribution >= 0.6 is 23.5 Å². The molecule has 28 heavy (non-hydrogen) atoms. The average molecular weight is 410 g/mol. The number of aromatic nitrogens is 2. The Bertz CT molecular complexity index is 991. The Kier molecular flexibility index (Phi) is 6.84. The fraction of sp³-hybridized carbons (Fsp3) is 0.143. The first-order valence-electron chi connectivity index (χ1n) is 8.61. The number of hydrogen-bond donors (Lipinski definition) is 1. The van der Waals surface area contributed by atoms with Gasteiger partial charge in [0.15, 0.2) is 5.78 Å². The fourth-order valence-corrected chi connectivity index (χ4v) is 4.17. The average Bonchev–Trinajstić information content (AvgIpc) is 2.69. The van der Waals surface area contributed by atoms with Crippen LogP contribution in [0, 0.1) is 6.92 Å². The van der Waals surface area contributed by atoms with Gasteiger partial charge in [0.2, 0.25) is 5.91 Å². The molecule has 2 aromatic carbocycles. The third kappa shape index (κ3) is 5.43. The number of anilines is 1. The highest BCUT2D eigenvalue weighted by atomic mass is 32.2. The molecule has 0 aliphatic carbocycles. The summed E-state index contributed by atoms with van der Waals surface area (Å²) >= 11 is 2.89. The highest BCUT2D eigenvalue weighted by Crippen LogP contribution is 2.34. The Morgan fingerprint density at radius 1 is 0.964 bits per heavy atom. The summed E-state index contributed by atoms with van der Waals surface area (Å²) in [5, 5.41) is 4.33. The molecule has 0 aliphatic heterocycles. The van der Waals surface area contributed by atoms with Crippen LogP contribution in [0.5, 0.6) is 0 Å². The molecule has 3 aromatic rings. The summed E-state index contributed by atoms with van der Waals surface area (Å²) < 4.78 is 0. The molecule has 7 heteroatoms. The molecule has 1 heterocycles. The molecule has 0 bridgehead atoms. The zero-order valence-corrected chi connectivity index (χ0v) is 17.1. The van der Waals surface area contributed by atoms with Crippen molar-refractivity contribution in [3.8, 4) is 0 Å². The lowest BCUT2D eigenvalue weighted by Crippen LogP contribution is -2.14. The summed E-state index contributed by atoms with van der Waals surface area (Å²) in [4.78, 5) is 33.5. The van der Waals surface area contributed by atoms with Crippen LogP contribution < -0.4 is 5.32 Å². The number of thioether (sulfide) groups is 1. The largest absolute Gasteiger partial charge is 0.325 e. The summed E-state index contributed by atoms with van der Waals surface area (Å²) in [5.74, 6) is 0.0712. The molecular formula is C21H19N3O2S2. The Morgan fingerprint density at radius 3 is 2.32 bits per heavy atom. The van der Waals surface area contributed by atoms with E-state index in [1.807, 2.05) is 18.2 Å². The van der Waals surface area contributed by atoms with Crippen LogP contribution in [0.1, 0.15) is 22.8 Å². The maximum absolute atomic E-state index is 12.3. The molecule has 142 valence electrons. The van der Waals surface area contributed by atoms with Crippen molar-refractivity contribution < 1.29 is 9.59 Å². The number of carbonyl (C=O) groups excluding carboxylic acids is 2. The van der Waals surface area contributed by atoms with E-state index < -0.39 is 0 Å². The highest BCUT2D eigenvalue weighted by Gasteiger charge is 2.12. The summed E-state index contributed by atoms with van der Waals surface area (Å²) in [6.07, 6.45) is 3.28. The molecule has 0 spiro atoms. The van der Waals surface area contributed by atoms with E-state index in [9.17, 15) is 9.59 Å². The Balaban J connectivity index is 1.62. The van der Waals surface area contributed by atoms with Gasteiger partial charge in [0.1, 0.15) is 10.1 Å². The summed E-state index contributed by atoms with van der Waals surface area (Å²) in [6.45, 7) is 3.56. The third-order valence-electron chi connectivity index (χ3n) is 3.85. The van der Waals surface area contributed by atoms with E-state index in [0.29, 0.717) is 11.3 Å². The minimum Gasteiger partial charge on any atom is -0.325 e. The van der Waals surface area contributed by atoms with Crippen molar-refractivity contribution in [3.05, 3.63) is 72.1 Å². The zero-order valence-electron chi connectivity index (χ0n) is 15.5. The number of ketones is 1. The number of amides is 1. The number of aryl methyl sites for hydroxylation is 1. The minimum absolute atomic E-state index is 0.00485. The van der Waals surface area contributed by atoms with Crippen LogP contribution in [0.15, 0.2) is 75.9 Å². The number of Topliss-reactive ketones (excluding diaryl/α,β-unsaturated/α-hetero) is 1. The first-order chi connectivity index (χ1) is 13.5. The van der Waals surface area contributed by atoms with Gasteiger partial charge in [-0.05, 0) is 49.7 Å². The van der Waals surface area contributed by atoms with Crippen LogP contribution in [-0.4, -0.2) is 27.4 Å². The second-order valence-electron chi connectivity index (χ2n) is 6.00. The van der Waals surface area contributed by atoms with Crippen molar-refractivity contribution in [2.24, 2.45) is 0 Å². The Morgan fingerprint density at radius 2 is 1.64 bits per heavy atom. The molecule has 5 nitrogen and oxygen atoms in total. The highest BCUT2D eigenvalue weighted by molar-refractivity contribution is 8.02. The maximum atomic E-state index is 12.3. The van der Waals surface area contributed by atoms with Gasteiger partial charge in [0, 0.05) is 28.5 Å². The van der Waals surface area contributed by atoms with E-state index in [-0.39, 0.29) is 17.4 Å². The SMILES string of the molecule is CC(=O)c1ccc(NC(=O)CSc2nccnc2Sc2ccccc2C)cc1. The van der Waals surface area contributed by atoms with Gasteiger partial charge in [-0.15, -0.1) is 0 Å². The van der Waals surface area contributed by atoms with Crippen molar-refractivity contribution in [1.29, 1.82) is 0 Å². The van der Waals surface area contributed by atoms with Gasteiger partial charge in [-0.3, -0.25) is 9.59 Å². The lowest BCUT2D eigenvalue weighted by Gasteiger charge is -2.09. The lowest BCUT2D eigenvalue weighted by atomic mass is 10.1. The molecule has 1 amide bonds. The number of benzene rings is 2. The molecule has 0 aliphatic rings. The van der Waals surface area contributed by atoms with E-state index in [1.54, 1.807) is 48.4 Å². The van der Waals surface area contributed by atoms with E-state index in [4.69, 9.17) is 0 Å². The Labute approximate surface area is 172 Å². The van der Waals surface area contributed by atoms with Gasteiger partial charge in [-0.25, -0.2) is 9.97 Å². The molecule has 1 N–H and O–H groups in total. The van der Waals surface area contributed by atoms with Crippen LogP contribution in [0.2, 0.25) is 0 Å².